The van der Waals surface area contributed by atoms with Gasteiger partial charge in [0.05, 0.1) is 4.92 Å². The summed E-state index contributed by atoms with van der Waals surface area (Å²) in [6.45, 7) is 1.52. The molecule has 2 aromatic carbocycles. The molecule has 0 aromatic heterocycles. The van der Waals surface area contributed by atoms with Gasteiger partial charge >= 0.3 is 12.0 Å². The Morgan fingerprint density at radius 1 is 1.07 bits per heavy atom. The second-order valence-electron chi connectivity index (χ2n) is 5.49. The molecule has 1 unspecified atom stereocenters. The predicted molar refractivity (Wildman–Crippen MR) is 95.0 cm³/mol. The van der Waals surface area contributed by atoms with Crippen molar-refractivity contribution in [3.8, 4) is 0 Å². The van der Waals surface area contributed by atoms with Crippen LogP contribution in [-0.4, -0.2) is 29.9 Å². The smallest absolute Gasteiger partial charge is 0.346 e. The van der Waals surface area contributed by atoms with E-state index in [1.54, 1.807) is 18.2 Å². The predicted octanol–water partition coefficient (Wildman–Crippen LogP) is 2.26. The molecule has 2 N–H and O–H groups in total. The third-order valence-corrected chi connectivity index (χ3v) is 3.68. The van der Waals surface area contributed by atoms with Crippen LogP contribution in [0.3, 0.4) is 0 Å². The fraction of sp³-hybridized carbons (Fsp3) is 0.167. The lowest BCUT2D eigenvalue weighted by Crippen LogP contribution is -2.41. The van der Waals surface area contributed by atoms with Crippen LogP contribution in [0.25, 0.3) is 0 Å². The number of nitrogens with zero attached hydrogens (tertiary/aromatic N) is 1. The first-order chi connectivity index (χ1) is 12.8. The number of hydrogen-bond donors (Lipinski definition) is 2. The Labute approximate surface area is 154 Å². The standard InChI is InChI=1S/C18H17N3O6/c1-11-7-6-10-13(21(25)26)14(11)17(23)27-15(12-8-4-3-5-9-12)16(22)20-18(24)19-2/h3-10,15H,1-2H3,(H2,19,20,22,24). The Morgan fingerprint density at radius 2 is 1.74 bits per heavy atom. The molecule has 27 heavy (non-hydrogen) atoms. The summed E-state index contributed by atoms with van der Waals surface area (Å²) >= 11 is 0. The molecule has 0 saturated carbocycles. The highest BCUT2D eigenvalue weighted by Crippen LogP contribution is 2.26. The molecule has 0 aliphatic heterocycles. The van der Waals surface area contributed by atoms with E-state index in [4.69, 9.17) is 4.74 Å². The van der Waals surface area contributed by atoms with Gasteiger partial charge < -0.3 is 10.1 Å². The molecule has 9 nitrogen and oxygen atoms in total. The third kappa shape index (κ3) is 4.66. The van der Waals surface area contributed by atoms with Crippen molar-refractivity contribution in [2.75, 3.05) is 7.05 Å². The van der Waals surface area contributed by atoms with Crippen LogP contribution >= 0.6 is 0 Å². The van der Waals surface area contributed by atoms with Crippen molar-refractivity contribution in [2.24, 2.45) is 0 Å². The van der Waals surface area contributed by atoms with Crippen LogP contribution in [0.1, 0.15) is 27.6 Å². The van der Waals surface area contributed by atoms with E-state index < -0.39 is 34.6 Å². The maximum absolute atomic E-state index is 12.6. The van der Waals surface area contributed by atoms with Crippen LogP contribution in [0.2, 0.25) is 0 Å². The summed E-state index contributed by atoms with van der Waals surface area (Å²) in [5.41, 5.74) is -0.0501. The molecular formula is C18H17N3O6. The molecule has 0 spiro atoms. The Balaban J connectivity index is 2.39. The van der Waals surface area contributed by atoms with Crippen molar-refractivity contribution in [2.45, 2.75) is 13.0 Å². The zero-order valence-electron chi connectivity index (χ0n) is 14.6. The number of amides is 3. The molecular weight excluding hydrogens is 354 g/mol. The van der Waals surface area contributed by atoms with Crippen molar-refractivity contribution in [1.29, 1.82) is 0 Å². The average molecular weight is 371 g/mol. The summed E-state index contributed by atoms with van der Waals surface area (Å²) in [6, 6.07) is 11.4. The van der Waals surface area contributed by atoms with E-state index in [0.29, 0.717) is 11.1 Å². The van der Waals surface area contributed by atoms with Crippen LogP contribution in [0.5, 0.6) is 0 Å². The van der Waals surface area contributed by atoms with Gasteiger partial charge in [-0.15, -0.1) is 0 Å². The molecule has 0 radical (unpaired) electrons. The Morgan fingerprint density at radius 3 is 2.33 bits per heavy atom. The Kier molecular flexibility index (Phi) is 6.21. The molecule has 1 atom stereocenters. The minimum Gasteiger partial charge on any atom is -0.443 e. The first kappa shape index (κ1) is 19.6. The van der Waals surface area contributed by atoms with Crippen molar-refractivity contribution in [3.63, 3.8) is 0 Å². The number of esters is 1. The largest absolute Gasteiger partial charge is 0.443 e. The zero-order chi connectivity index (χ0) is 20.0. The molecule has 0 fully saturated rings. The molecule has 2 rings (SSSR count). The third-order valence-electron chi connectivity index (χ3n) is 3.68. The van der Waals surface area contributed by atoms with Gasteiger partial charge in [-0.2, -0.15) is 0 Å². The number of ether oxygens (including phenoxy) is 1. The highest BCUT2D eigenvalue weighted by molar-refractivity contribution is 6.00. The highest BCUT2D eigenvalue weighted by Gasteiger charge is 2.30. The molecule has 140 valence electrons. The number of nitro groups is 1. The Hall–Kier alpha value is -3.75. The average Bonchev–Trinajstić information content (AvgIpc) is 2.65. The second-order valence-corrected chi connectivity index (χ2v) is 5.49. The molecule has 0 bridgehead atoms. The number of carbonyl (C=O) groups excluding carboxylic acids is 3. The summed E-state index contributed by atoms with van der Waals surface area (Å²) in [4.78, 5) is 47.0. The molecule has 2 aromatic rings. The van der Waals surface area contributed by atoms with Crippen molar-refractivity contribution in [3.05, 3.63) is 75.3 Å². The minimum atomic E-state index is -1.46. The topological polar surface area (TPSA) is 128 Å². The number of nitrogens with one attached hydrogen (secondary N) is 2. The zero-order valence-corrected chi connectivity index (χ0v) is 14.6. The van der Waals surface area contributed by atoms with Crippen LogP contribution in [0.4, 0.5) is 10.5 Å². The number of urea groups is 1. The minimum absolute atomic E-state index is 0.254. The maximum Gasteiger partial charge on any atom is 0.346 e. The monoisotopic (exact) mass is 371 g/mol. The van der Waals surface area contributed by atoms with Gasteiger partial charge in [0, 0.05) is 18.7 Å². The van der Waals surface area contributed by atoms with Crippen molar-refractivity contribution in [1.82, 2.24) is 10.6 Å². The van der Waals surface area contributed by atoms with Gasteiger partial charge in [-0.25, -0.2) is 9.59 Å². The fourth-order valence-electron chi connectivity index (χ4n) is 2.38. The molecule has 0 saturated heterocycles. The summed E-state index contributed by atoms with van der Waals surface area (Å²) in [5.74, 6) is -1.93. The van der Waals surface area contributed by atoms with Crippen LogP contribution in [0.15, 0.2) is 48.5 Å². The number of carbonyl (C=O) groups is 3. The molecule has 0 aliphatic rings. The van der Waals surface area contributed by atoms with Crippen LogP contribution in [-0.2, 0) is 9.53 Å². The number of benzene rings is 2. The Bertz CT molecular complexity index is 882. The number of aryl methyl sites for hydroxylation is 1. The van der Waals surface area contributed by atoms with Gasteiger partial charge in [0.1, 0.15) is 5.56 Å². The summed E-state index contributed by atoms with van der Waals surface area (Å²) in [5, 5.41) is 15.5. The van der Waals surface area contributed by atoms with Crippen molar-refractivity contribution < 1.29 is 24.0 Å². The SMILES string of the molecule is CNC(=O)NC(=O)C(OC(=O)c1c(C)cccc1[N+](=O)[O-])c1ccccc1. The molecule has 3 amide bonds. The van der Waals surface area contributed by atoms with Crippen LogP contribution in [0, 0.1) is 17.0 Å². The van der Waals surface area contributed by atoms with E-state index in [9.17, 15) is 24.5 Å². The maximum atomic E-state index is 12.6. The highest BCUT2D eigenvalue weighted by atomic mass is 16.6. The first-order valence-corrected chi connectivity index (χ1v) is 7.87. The van der Waals surface area contributed by atoms with Gasteiger partial charge in [-0.05, 0) is 12.5 Å². The normalized spacial score (nSPS) is 11.2. The van der Waals surface area contributed by atoms with E-state index in [2.05, 4.69) is 5.32 Å². The molecule has 0 heterocycles. The number of hydrogen-bond acceptors (Lipinski definition) is 6. The first-order valence-electron chi connectivity index (χ1n) is 7.87. The summed E-state index contributed by atoms with van der Waals surface area (Å²) < 4.78 is 5.27. The number of imide groups is 1. The lowest BCUT2D eigenvalue weighted by molar-refractivity contribution is -0.385. The van der Waals surface area contributed by atoms with Gasteiger partial charge in [-0.3, -0.25) is 20.2 Å². The van der Waals surface area contributed by atoms with Gasteiger partial charge in [-0.1, -0.05) is 42.5 Å². The number of nitro benzene ring substituents is 1. The van der Waals surface area contributed by atoms with E-state index in [-0.39, 0.29) is 5.56 Å². The lowest BCUT2D eigenvalue weighted by Gasteiger charge is -2.18. The fourth-order valence-corrected chi connectivity index (χ4v) is 2.38. The lowest BCUT2D eigenvalue weighted by atomic mass is 10.1. The van der Waals surface area contributed by atoms with Crippen LogP contribution < -0.4 is 10.6 Å². The quantitative estimate of drug-likeness (QED) is 0.471. The molecule has 0 aliphatic carbocycles. The van der Waals surface area contributed by atoms with E-state index in [1.165, 1.54) is 44.3 Å². The van der Waals surface area contributed by atoms with Crippen molar-refractivity contribution >= 4 is 23.6 Å². The molecule has 9 heteroatoms. The second kappa shape index (κ2) is 8.56. The van der Waals surface area contributed by atoms with Gasteiger partial charge in [0.25, 0.3) is 11.6 Å². The van der Waals surface area contributed by atoms with E-state index >= 15 is 0 Å². The van der Waals surface area contributed by atoms with E-state index in [1.807, 2.05) is 5.32 Å². The number of rotatable bonds is 5. The van der Waals surface area contributed by atoms with Gasteiger partial charge in [0.15, 0.2) is 0 Å². The van der Waals surface area contributed by atoms with E-state index in [0.717, 1.165) is 0 Å². The summed E-state index contributed by atoms with van der Waals surface area (Å²) in [6.07, 6.45) is -1.46. The van der Waals surface area contributed by atoms with Gasteiger partial charge in [0.2, 0.25) is 6.10 Å². The summed E-state index contributed by atoms with van der Waals surface area (Å²) in [7, 11) is 1.32.